The Kier molecular flexibility index (Phi) is 6.26. The highest BCUT2D eigenvalue weighted by Crippen LogP contribution is 2.15. The van der Waals surface area contributed by atoms with Crippen LogP contribution in [-0.2, 0) is 9.53 Å². The molecule has 90 valence electrons. The molecule has 0 saturated heterocycles. The second-order valence-corrected chi connectivity index (χ2v) is 2.94. The number of nitrogens with one attached hydrogen (secondary N) is 1. The van der Waals surface area contributed by atoms with Gasteiger partial charge in [-0.1, -0.05) is 0 Å². The van der Waals surface area contributed by atoms with Crippen molar-refractivity contribution in [1.82, 2.24) is 5.32 Å². The number of aliphatic hydroxyl groups is 1. The van der Waals surface area contributed by atoms with Crippen molar-refractivity contribution in [3.63, 3.8) is 0 Å². The van der Waals surface area contributed by atoms with E-state index in [2.05, 4.69) is 10.1 Å². The predicted octanol–water partition coefficient (Wildman–Crippen LogP) is 0.452. The zero-order chi connectivity index (χ0) is 11.9. The summed E-state index contributed by atoms with van der Waals surface area (Å²) in [7, 11) is 0. The molecule has 0 bridgehead atoms. The van der Waals surface area contributed by atoms with Crippen molar-refractivity contribution in [2.45, 2.75) is 25.6 Å². The molecule has 7 heteroatoms. The van der Waals surface area contributed by atoms with Gasteiger partial charge in [0, 0.05) is 13.2 Å². The third kappa shape index (κ3) is 8.19. The maximum atomic E-state index is 11.7. The van der Waals surface area contributed by atoms with Crippen LogP contribution in [-0.4, -0.2) is 43.1 Å². The van der Waals surface area contributed by atoms with E-state index in [0.717, 1.165) is 0 Å². The number of ether oxygens (including phenoxy) is 1. The minimum absolute atomic E-state index is 0.0852. The summed E-state index contributed by atoms with van der Waals surface area (Å²) in [5, 5.41) is 10.7. The molecule has 0 unspecified atom stereocenters. The van der Waals surface area contributed by atoms with Crippen LogP contribution in [0.15, 0.2) is 0 Å². The number of amides is 1. The number of carbonyl (C=O) groups excluding carboxylic acids is 1. The summed E-state index contributed by atoms with van der Waals surface area (Å²) >= 11 is 0. The molecule has 0 aliphatic carbocycles. The van der Waals surface area contributed by atoms with Gasteiger partial charge in [0.1, 0.15) is 12.7 Å². The highest BCUT2D eigenvalue weighted by Gasteiger charge is 2.29. The van der Waals surface area contributed by atoms with Crippen LogP contribution in [0, 0.1) is 0 Å². The second-order valence-electron chi connectivity index (χ2n) is 2.94. The molecule has 15 heavy (non-hydrogen) atoms. The van der Waals surface area contributed by atoms with E-state index in [4.69, 9.17) is 5.11 Å². The van der Waals surface area contributed by atoms with Gasteiger partial charge in [-0.05, 0) is 13.3 Å². The number of carbonyl (C=O) groups is 1. The van der Waals surface area contributed by atoms with E-state index in [1.165, 1.54) is 6.92 Å². The van der Waals surface area contributed by atoms with Crippen molar-refractivity contribution >= 4 is 5.91 Å². The molecule has 0 aromatic carbocycles. The molecule has 0 radical (unpaired) electrons. The molecular formula is C8H14F3NO3. The normalized spacial score (nSPS) is 13.7. The minimum atomic E-state index is -4.43. The maximum Gasteiger partial charge on any atom is 0.411 e. The molecule has 1 atom stereocenters. The van der Waals surface area contributed by atoms with Crippen LogP contribution < -0.4 is 5.32 Å². The summed E-state index contributed by atoms with van der Waals surface area (Å²) in [4.78, 5) is 11.0. The van der Waals surface area contributed by atoms with Gasteiger partial charge in [0.05, 0.1) is 0 Å². The maximum absolute atomic E-state index is 11.7. The minimum Gasteiger partial charge on any atom is -0.396 e. The van der Waals surface area contributed by atoms with Gasteiger partial charge in [0.15, 0.2) is 0 Å². The number of halogens is 3. The fraction of sp³-hybridized carbons (Fsp3) is 0.875. The third-order valence-electron chi connectivity index (χ3n) is 1.50. The quantitative estimate of drug-likeness (QED) is 0.650. The second kappa shape index (κ2) is 6.62. The van der Waals surface area contributed by atoms with E-state index in [1.54, 1.807) is 0 Å². The Labute approximate surface area is 85.4 Å². The number of alkyl halides is 3. The molecule has 0 heterocycles. The molecular weight excluding hydrogens is 215 g/mol. The van der Waals surface area contributed by atoms with Gasteiger partial charge in [0.2, 0.25) is 5.91 Å². The molecule has 0 aromatic heterocycles. The van der Waals surface area contributed by atoms with Crippen LogP contribution in [0.25, 0.3) is 0 Å². The summed E-state index contributed by atoms with van der Waals surface area (Å²) in [5.41, 5.74) is 0. The van der Waals surface area contributed by atoms with Crippen molar-refractivity contribution in [1.29, 1.82) is 0 Å². The van der Waals surface area contributed by atoms with E-state index in [0.29, 0.717) is 6.42 Å². The Morgan fingerprint density at radius 1 is 1.53 bits per heavy atom. The SMILES string of the molecule is C[C@H](OCC(F)(F)F)C(=O)NCCCO. The van der Waals surface area contributed by atoms with Crippen molar-refractivity contribution < 1.29 is 27.8 Å². The lowest BCUT2D eigenvalue weighted by molar-refractivity contribution is -0.185. The van der Waals surface area contributed by atoms with Crippen LogP contribution >= 0.6 is 0 Å². The first-order chi connectivity index (χ1) is 6.87. The standard InChI is InChI=1S/C8H14F3NO3/c1-6(15-5-8(9,10)11)7(14)12-3-2-4-13/h6,13H,2-5H2,1H3,(H,12,14)/t6-/m0/s1. The van der Waals surface area contributed by atoms with Crippen LogP contribution in [0.2, 0.25) is 0 Å². The van der Waals surface area contributed by atoms with Gasteiger partial charge in [-0.15, -0.1) is 0 Å². The number of hydrogen-bond donors (Lipinski definition) is 2. The monoisotopic (exact) mass is 229 g/mol. The number of hydrogen-bond acceptors (Lipinski definition) is 3. The van der Waals surface area contributed by atoms with Crippen LogP contribution in [0.1, 0.15) is 13.3 Å². The van der Waals surface area contributed by atoms with E-state index < -0.39 is 24.8 Å². The third-order valence-corrected chi connectivity index (χ3v) is 1.50. The molecule has 0 spiro atoms. The van der Waals surface area contributed by atoms with Crippen molar-refractivity contribution in [3.05, 3.63) is 0 Å². The molecule has 4 nitrogen and oxygen atoms in total. The van der Waals surface area contributed by atoms with Gasteiger partial charge >= 0.3 is 6.18 Å². The molecule has 0 rings (SSSR count). The summed E-state index contributed by atoms with van der Waals surface area (Å²) in [5.74, 6) is -0.618. The molecule has 1 amide bonds. The molecule has 2 N–H and O–H groups in total. The fourth-order valence-electron chi connectivity index (χ4n) is 0.730. The Bertz CT molecular complexity index is 196. The first-order valence-corrected chi connectivity index (χ1v) is 4.43. The highest BCUT2D eigenvalue weighted by molar-refractivity contribution is 5.80. The first kappa shape index (κ1) is 14.2. The van der Waals surface area contributed by atoms with Gasteiger partial charge in [0.25, 0.3) is 0 Å². The van der Waals surface area contributed by atoms with E-state index in [1.807, 2.05) is 0 Å². The van der Waals surface area contributed by atoms with Gasteiger partial charge in [-0.25, -0.2) is 0 Å². The van der Waals surface area contributed by atoms with E-state index in [-0.39, 0.29) is 13.2 Å². The zero-order valence-corrected chi connectivity index (χ0v) is 8.30. The Morgan fingerprint density at radius 3 is 2.60 bits per heavy atom. The predicted molar refractivity (Wildman–Crippen MR) is 46.2 cm³/mol. The lowest BCUT2D eigenvalue weighted by Crippen LogP contribution is -2.37. The Hall–Kier alpha value is -0.820. The molecule has 0 aromatic rings. The summed E-state index contributed by atoms with van der Waals surface area (Å²) in [6.07, 6.45) is -5.22. The van der Waals surface area contributed by atoms with E-state index >= 15 is 0 Å². The summed E-state index contributed by atoms with van der Waals surface area (Å²) in [6, 6.07) is 0. The average Bonchev–Trinajstić information content (AvgIpc) is 2.13. The lowest BCUT2D eigenvalue weighted by atomic mass is 10.3. The molecule has 0 saturated carbocycles. The molecule has 0 aliphatic heterocycles. The first-order valence-electron chi connectivity index (χ1n) is 4.43. The van der Waals surface area contributed by atoms with Crippen molar-refractivity contribution in [2.75, 3.05) is 19.8 Å². The molecule has 0 fully saturated rings. The van der Waals surface area contributed by atoms with Crippen LogP contribution in [0.4, 0.5) is 13.2 Å². The lowest BCUT2D eigenvalue weighted by Gasteiger charge is -2.14. The summed E-state index contributed by atoms with van der Waals surface area (Å²) < 4.78 is 39.4. The largest absolute Gasteiger partial charge is 0.411 e. The van der Waals surface area contributed by atoms with E-state index in [9.17, 15) is 18.0 Å². The van der Waals surface area contributed by atoms with Crippen molar-refractivity contribution in [3.8, 4) is 0 Å². The zero-order valence-electron chi connectivity index (χ0n) is 8.30. The summed E-state index contributed by atoms with van der Waals surface area (Å²) in [6.45, 7) is -0.0747. The van der Waals surface area contributed by atoms with Gasteiger partial charge in [-0.2, -0.15) is 13.2 Å². The fourth-order valence-corrected chi connectivity index (χ4v) is 0.730. The van der Waals surface area contributed by atoms with Crippen LogP contribution in [0.3, 0.4) is 0 Å². The van der Waals surface area contributed by atoms with Gasteiger partial charge < -0.3 is 15.2 Å². The number of aliphatic hydroxyl groups excluding tert-OH is 1. The molecule has 0 aliphatic rings. The Morgan fingerprint density at radius 2 is 2.13 bits per heavy atom. The van der Waals surface area contributed by atoms with Crippen LogP contribution in [0.5, 0.6) is 0 Å². The topological polar surface area (TPSA) is 58.6 Å². The average molecular weight is 229 g/mol. The van der Waals surface area contributed by atoms with Crippen molar-refractivity contribution in [2.24, 2.45) is 0 Å². The number of rotatable bonds is 6. The highest BCUT2D eigenvalue weighted by atomic mass is 19.4. The van der Waals surface area contributed by atoms with Gasteiger partial charge in [-0.3, -0.25) is 4.79 Å². The smallest absolute Gasteiger partial charge is 0.396 e. The Balaban J connectivity index is 3.70.